The number of nitrogens with two attached hydrogens (primary N) is 1. The maximum absolute atomic E-state index is 12.0. The van der Waals surface area contributed by atoms with E-state index in [0.29, 0.717) is 6.42 Å². The van der Waals surface area contributed by atoms with E-state index in [9.17, 15) is 4.79 Å². The monoisotopic (exact) mass is 248 g/mol. The largest absolute Gasteiger partial charge is 0.350 e. The summed E-state index contributed by atoms with van der Waals surface area (Å²) in [6.07, 6.45) is 2.40. The first-order valence-electron chi connectivity index (χ1n) is 6.62. The summed E-state index contributed by atoms with van der Waals surface area (Å²) in [5.74, 6) is -0.0648. The maximum Gasteiger partial charge on any atom is 0.237 e. The van der Waals surface area contributed by atoms with Crippen LogP contribution in [-0.2, 0) is 11.2 Å². The fourth-order valence-corrected chi connectivity index (χ4v) is 1.78. The Balaban J connectivity index is 2.57. The molecule has 0 saturated heterocycles. The molecular weight excluding hydrogens is 224 g/mol. The van der Waals surface area contributed by atoms with Gasteiger partial charge in [-0.1, -0.05) is 44.2 Å². The van der Waals surface area contributed by atoms with E-state index in [1.807, 2.05) is 30.3 Å². The summed E-state index contributed by atoms with van der Waals surface area (Å²) in [6, 6.07) is 9.38. The van der Waals surface area contributed by atoms with Crippen molar-refractivity contribution in [1.29, 1.82) is 0 Å². The lowest BCUT2D eigenvalue weighted by atomic mass is 9.94. The average molecular weight is 248 g/mol. The van der Waals surface area contributed by atoms with Gasteiger partial charge in [0.05, 0.1) is 6.04 Å². The first-order chi connectivity index (χ1) is 8.50. The Morgan fingerprint density at radius 1 is 1.28 bits per heavy atom. The fraction of sp³-hybridized carbons (Fsp3) is 0.533. The molecule has 3 N–H and O–H groups in total. The molecule has 0 spiro atoms. The molecular formula is C15H24N2O. The van der Waals surface area contributed by atoms with Gasteiger partial charge in [-0.05, 0) is 31.7 Å². The highest BCUT2D eigenvalue weighted by Gasteiger charge is 2.24. The third kappa shape index (κ3) is 4.15. The lowest BCUT2D eigenvalue weighted by molar-refractivity contribution is -0.124. The number of carbonyl (C=O) groups is 1. The zero-order chi connectivity index (χ0) is 13.6. The van der Waals surface area contributed by atoms with Crippen molar-refractivity contribution in [2.75, 3.05) is 0 Å². The Bertz CT molecular complexity index is 371. The molecule has 0 saturated carbocycles. The van der Waals surface area contributed by atoms with Crippen LogP contribution in [0.3, 0.4) is 0 Å². The van der Waals surface area contributed by atoms with Gasteiger partial charge in [0.2, 0.25) is 5.91 Å². The van der Waals surface area contributed by atoms with Crippen LogP contribution in [0.5, 0.6) is 0 Å². The molecule has 1 aromatic rings. The molecule has 1 atom stereocenters. The molecule has 0 bridgehead atoms. The van der Waals surface area contributed by atoms with E-state index < -0.39 is 6.04 Å². The van der Waals surface area contributed by atoms with Crippen LogP contribution in [-0.4, -0.2) is 17.5 Å². The van der Waals surface area contributed by atoms with Gasteiger partial charge >= 0.3 is 0 Å². The molecule has 1 rings (SSSR count). The molecule has 0 aliphatic rings. The Morgan fingerprint density at radius 2 is 1.83 bits per heavy atom. The van der Waals surface area contributed by atoms with Gasteiger partial charge in [-0.25, -0.2) is 0 Å². The molecule has 3 nitrogen and oxygen atoms in total. The van der Waals surface area contributed by atoms with Crippen LogP contribution in [0.2, 0.25) is 0 Å². The summed E-state index contributed by atoms with van der Waals surface area (Å²) < 4.78 is 0. The Hall–Kier alpha value is -1.35. The summed E-state index contributed by atoms with van der Waals surface area (Å²) in [6.45, 7) is 6.21. The van der Waals surface area contributed by atoms with E-state index in [2.05, 4.69) is 26.1 Å². The second-order valence-electron chi connectivity index (χ2n) is 5.05. The van der Waals surface area contributed by atoms with Crippen molar-refractivity contribution in [3.05, 3.63) is 35.9 Å². The zero-order valence-corrected chi connectivity index (χ0v) is 11.6. The van der Waals surface area contributed by atoms with E-state index in [-0.39, 0.29) is 11.4 Å². The zero-order valence-electron chi connectivity index (χ0n) is 11.6. The quantitative estimate of drug-likeness (QED) is 0.811. The van der Waals surface area contributed by atoms with Gasteiger partial charge < -0.3 is 11.1 Å². The molecule has 1 aromatic carbocycles. The number of benzene rings is 1. The Labute approximate surface area is 110 Å². The number of amides is 1. The summed E-state index contributed by atoms with van der Waals surface area (Å²) in [4.78, 5) is 12.0. The van der Waals surface area contributed by atoms with Crippen LogP contribution in [0.25, 0.3) is 0 Å². The van der Waals surface area contributed by atoms with E-state index in [1.54, 1.807) is 0 Å². The first kappa shape index (κ1) is 14.7. The Morgan fingerprint density at radius 3 is 2.33 bits per heavy atom. The lowest BCUT2D eigenvalue weighted by Crippen LogP contribution is -2.52. The van der Waals surface area contributed by atoms with Crippen LogP contribution in [0.1, 0.15) is 39.2 Å². The van der Waals surface area contributed by atoms with Gasteiger partial charge in [0.1, 0.15) is 0 Å². The van der Waals surface area contributed by atoms with Crippen LogP contribution in [0, 0.1) is 0 Å². The topological polar surface area (TPSA) is 55.1 Å². The van der Waals surface area contributed by atoms with Crippen LogP contribution < -0.4 is 11.1 Å². The SMILES string of the molecule is CCC(C)(CC)NC(=O)C(N)Cc1ccccc1. The number of nitrogens with one attached hydrogen (secondary N) is 1. The van der Waals surface area contributed by atoms with Gasteiger partial charge in [-0.3, -0.25) is 4.79 Å². The van der Waals surface area contributed by atoms with Crippen molar-refractivity contribution in [1.82, 2.24) is 5.32 Å². The van der Waals surface area contributed by atoms with Crippen molar-refractivity contribution >= 4 is 5.91 Å². The van der Waals surface area contributed by atoms with Crippen molar-refractivity contribution in [3.63, 3.8) is 0 Å². The molecule has 0 aliphatic heterocycles. The second kappa shape index (κ2) is 6.55. The third-order valence-corrected chi connectivity index (χ3v) is 3.62. The summed E-state index contributed by atoms with van der Waals surface area (Å²) in [5, 5.41) is 3.05. The predicted molar refractivity (Wildman–Crippen MR) is 75.3 cm³/mol. The molecule has 3 heteroatoms. The third-order valence-electron chi connectivity index (χ3n) is 3.62. The summed E-state index contributed by atoms with van der Waals surface area (Å²) >= 11 is 0. The van der Waals surface area contributed by atoms with E-state index in [4.69, 9.17) is 5.73 Å². The molecule has 0 fully saturated rings. The second-order valence-corrected chi connectivity index (χ2v) is 5.05. The molecule has 18 heavy (non-hydrogen) atoms. The number of hydrogen-bond acceptors (Lipinski definition) is 2. The minimum atomic E-state index is -0.482. The van der Waals surface area contributed by atoms with Gasteiger partial charge in [0.15, 0.2) is 0 Å². The highest BCUT2D eigenvalue weighted by molar-refractivity contribution is 5.82. The molecule has 0 heterocycles. The Kier molecular flexibility index (Phi) is 5.35. The normalized spacial score (nSPS) is 13.1. The van der Waals surface area contributed by atoms with Crippen molar-refractivity contribution < 1.29 is 4.79 Å². The summed E-state index contributed by atoms with van der Waals surface area (Å²) in [5.41, 5.74) is 6.90. The van der Waals surface area contributed by atoms with E-state index >= 15 is 0 Å². The molecule has 1 amide bonds. The molecule has 100 valence electrons. The standard InChI is InChI=1S/C15H24N2O/c1-4-15(3,5-2)17-14(18)13(16)11-12-9-7-6-8-10-12/h6-10,13H,4-5,11,16H2,1-3H3,(H,17,18). The molecule has 0 aromatic heterocycles. The number of carbonyl (C=O) groups excluding carboxylic acids is 1. The fourth-order valence-electron chi connectivity index (χ4n) is 1.78. The van der Waals surface area contributed by atoms with E-state index in [0.717, 1.165) is 18.4 Å². The number of hydrogen-bond donors (Lipinski definition) is 2. The van der Waals surface area contributed by atoms with Crippen LogP contribution in [0.4, 0.5) is 0 Å². The van der Waals surface area contributed by atoms with Crippen LogP contribution >= 0.6 is 0 Å². The minimum absolute atomic E-state index is 0.0648. The predicted octanol–water partition coefficient (Wildman–Crippen LogP) is 2.25. The average Bonchev–Trinajstić information content (AvgIpc) is 2.39. The highest BCUT2D eigenvalue weighted by atomic mass is 16.2. The van der Waals surface area contributed by atoms with Gasteiger partial charge in [0, 0.05) is 5.54 Å². The van der Waals surface area contributed by atoms with Crippen molar-refractivity contribution in [2.45, 2.75) is 51.6 Å². The van der Waals surface area contributed by atoms with Crippen molar-refractivity contribution in [2.24, 2.45) is 5.73 Å². The molecule has 1 unspecified atom stereocenters. The van der Waals surface area contributed by atoms with Gasteiger partial charge in [0.25, 0.3) is 0 Å². The number of rotatable bonds is 6. The first-order valence-corrected chi connectivity index (χ1v) is 6.62. The maximum atomic E-state index is 12.0. The van der Waals surface area contributed by atoms with Crippen LogP contribution in [0.15, 0.2) is 30.3 Å². The van der Waals surface area contributed by atoms with Crippen molar-refractivity contribution in [3.8, 4) is 0 Å². The summed E-state index contributed by atoms with van der Waals surface area (Å²) in [7, 11) is 0. The smallest absolute Gasteiger partial charge is 0.237 e. The van der Waals surface area contributed by atoms with E-state index in [1.165, 1.54) is 0 Å². The minimum Gasteiger partial charge on any atom is -0.350 e. The van der Waals surface area contributed by atoms with Gasteiger partial charge in [-0.15, -0.1) is 0 Å². The van der Waals surface area contributed by atoms with Gasteiger partial charge in [-0.2, -0.15) is 0 Å². The lowest BCUT2D eigenvalue weighted by Gasteiger charge is -2.29. The molecule has 0 radical (unpaired) electrons. The molecule has 0 aliphatic carbocycles. The highest BCUT2D eigenvalue weighted by Crippen LogP contribution is 2.14.